The molecule has 1 aliphatic carbocycles. The van der Waals surface area contributed by atoms with Crippen LogP contribution < -0.4 is 0 Å². The van der Waals surface area contributed by atoms with E-state index in [1.54, 1.807) is 0 Å². The Morgan fingerprint density at radius 2 is 1.00 bits per heavy atom. The van der Waals surface area contributed by atoms with Crippen LogP contribution in [0.1, 0.15) is 25.0 Å². The Balaban J connectivity index is 0.970. The lowest BCUT2D eigenvalue weighted by molar-refractivity contribution is 0.661. The summed E-state index contributed by atoms with van der Waals surface area (Å²) in [6, 6.07) is 65.9. The average Bonchev–Trinajstić information content (AvgIpc) is 3.74. The molecule has 10 aromatic rings. The monoisotopic (exact) mass is 732 g/mol. The molecule has 0 spiro atoms. The van der Waals surface area contributed by atoms with Crippen molar-refractivity contribution < 1.29 is 0 Å². The molecule has 11 rings (SSSR count). The molecular formula is C53H36N2S. The minimum absolute atomic E-state index is 0.0828. The third-order valence-electron chi connectivity index (χ3n) is 11.7. The van der Waals surface area contributed by atoms with Crippen LogP contribution in [0.4, 0.5) is 0 Å². The fourth-order valence-corrected chi connectivity index (χ4v) is 9.82. The van der Waals surface area contributed by atoms with Gasteiger partial charge in [0.15, 0.2) is 5.82 Å². The second kappa shape index (κ2) is 12.7. The molecule has 0 saturated heterocycles. The van der Waals surface area contributed by atoms with E-state index in [1.807, 2.05) is 29.5 Å². The third-order valence-corrected chi connectivity index (χ3v) is 12.9. The molecule has 0 N–H and O–H groups in total. The summed E-state index contributed by atoms with van der Waals surface area (Å²) in [6.45, 7) is 4.71. The van der Waals surface area contributed by atoms with Crippen molar-refractivity contribution in [3.63, 3.8) is 0 Å². The second-order valence-corrected chi connectivity index (χ2v) is 16.5. The van der Waals surface area contributed by atoms with E-state index in [2.05, 4.69) is 178 Å². The van der Waals surface area contributed by atoms with Crippen LogP contribution in [0.5, 0.6) is 0 Å². The van der Waals surface area contributed by atoms with Crippen molar-refractivity contribution in [2.45, 2.75) is 19.3 Å². The molecule has 0 amide bonds. The first-order valence-corrected chi connectivity index (χ1v) is 20.0. The Labute approximate surface area is 330 Å². The third kappa shape index (κ3) is 5.31. The summed E-state index contributed by atoms with van der Waals surface area (Å²) in [5.74, 6) is 0.716. The van der Waals surface area contributed by atoms with Gasteiger partial charge in [-0.3, -0.25) is 0 Å². The number of rotatable bonds is 5. The van der Waals surface area contributed by atoms with E-state index in [0.717, 1.165) is 28.1 Å². The summed E-state index contributed by atoms with van der Waals surface area (Å²) in [5, 5.41) is 5.19. The molecule has 2 nitrogen and oxygen atoms in total. The number of hydrogen-bond acceptors (Lipinski definition) is 3. The maximum atomic E-state index is 5.14. The molecule has 8 aromatic carbocycles. The summed E-state index contributed by atoms with van der Waals surface area (Å²) >= 11 is 1.85. The lowest BCUT2D eigenvalue weighted by Crippen LogP contribution is -2.14. The number of benzene rings is 8. The summed E-state index contributed by atoms with van der Waals surface area (Å²) in [7, 11) is 0. The molecule has 0 atom stereocenters. The first-order chi connectivity index (χ1) is 27.5. The van der Waals surface area contributed by atoms with Crippen molar-refractivity contribution >= 4 is 42.3 Å². The van der Waals surface area contributed by atoms with Crippen LogP contribution in [-0.4, -0.2) is 9.97 Å². The molecule has 0 bridgehead atoms. The lowest BCUT2D eigenvalue weighted by Gasteiger charge is -2.22. The maximum Gasteiger partial charge on any atom is 0.160 e. The molecule has 2 heterocycles. The fraction of sp³-hybridized carbons (Fsp3) is 0.0566. The zero-order valence-electron chi connectivity index (χ0n) is 31.1. The fourth-order valence-electron chi connectivity index (χ4n) is 8.73. The van der Waals surface area contributed by atoms with Crippen LogP contribution in [0, 0.1) is 0 Å². The lowest BCUT2D eigenvalue weighted by atomic mass is 9.81. The summed E-state index contributed by atoms with van der Waals surface area (Å²) in [4.78, 5) is 10.3. The van der Waals surface area contributed by atoms with E-state index in [1.165, 1.54) is 75.5 Å². The molecule has 0 saturated carbocycles. The largest absolute Gasteiger partial charge is 0.228 e. The van der Waals surface area contributed by atoms with Gasteiger partial charge < -0.3 is 0 Å². The molecule has 0 aliphatic heterocycles. The van der Waals surface area contributed by atoms with Crippen LogP contribution in [0.2, 0.25) is 0 Å². The van der Waals surface area contributed by atoms with Gasteiger partial charge in [0.2, 0.25) is 0 Å². The zero-order chi connectivity index (χ0) is 37.4. The predicted molar refractivity (Wildman–Crippen MR) is 237 cm³/mol. The number of nitrogens with zero attached hydrogens (tertiary/aromatic N) is 2. The van der Waals surface area contributed by atoms with E-state index in [4.69, 9.17) is 9.97 Å². The van der Waals surface area contributed by atoms with Crippen molar-refractivity contribution in [2.24, 2.45) is 0 Å². The highest BCUT2D eigenvalue weighted by Crippen LogP contribution is 2.53. The van der Waals surface area contributed by atoms with Gasteiger partial charge in [-0.05, 0) is 91.7 Å². The molecule has 0 radical (unpaired) electrons. The van der Waals surface area contributed by atoms with Gasteiger partial charge in [0.25, 0.3) is 0 Å². The summed E-state index contributed by atoms with van der Waals surface area (Å²) < 4.78 is 2.64. The van der Waals surface area contributed by atoms with Crippen LogP contribution in [-0.2, 0) is 5.41 Å². The molecule has 264 valence electrons. The first kappa shape index (κ1) is 32.7. The second-order valence-electron chi connectivity index (χ2n) is 15.4. The van der Waals surface area contributed by atoms with Crippen molar-refractivity contribution in [1.29, 1.82) is 0 Å². The minimum Gasteiger partial charge on any atom is -0.228 e. The Hall–Kier alpha value is -6.68. The molecule has 0 unspecified atom stereocenters. The molecular weight excluding hydrogens is 697 g/mol. The average molecular weight is 733 g/mol. The molecule has 0 fully saturated rings. The van der Waals surface area contributed by atoms with E-state index in [0.29, 0.717) is 5.82 Å². The Morgan fingerprint density at radius 1 is 0.393 bits per heavy atom. The number of thiophene rings is 1. The van der Waals surface area contributed by atoms with Crippen molar-refractivity contribution in [3.05, 3.63) is 193 Å². The standard InChI is InChI=1S/C53H36N2S/c1-53(2)45-17-10-16-41(51(45)44-30-38-13-6-7-14-39(38)31-46(44)53)34-21-25-36(26-22-34)48-32-47(54-52(55-48)37-11-4-3-5-12-37)35-23-19-33(20-24-35)40-27-28-50-43(29-40)42-15-8-9-18-49(42)56-50/h3-32H,1-2H3. The molecule has 3 heteroatoms. The first-order valence-electron chi connectivity index (χ1n) is 19.2. The Kier molecular flexibility index (Phi) is 7.42. The van der Waals surface area contributed by atoms with Gasteiger partial charge in [-0.15, -0.1) is 11.3 Å². The molecule has 56 heavy (non-hydrogen) atoms. The van der Waals surface area contributed by atoms with Gasteiger partial charge in [-0.2, -0.15) is 0 Å². The zero-order valence-corrected chi connectivity index (χ0v) is 31.9. The topological polar surface area (TPSA) is 25.8 Å². The van der Waals surface area contributed by atoms with E-state index >= 15 is 0 Å². The van der Waals surface area contributed by atoms with E-state index in [9.17, 15) is 0 Å². The van der Waals surface area contributed by atoms with Gasteiger partial charge in [0.1, 0.15) is 0 Å². The number of hydrogen-bond donors (Lipinski definition) is 0. The summed E-state index contributed by atoms with van der Waals surface area (Å²) in [5.41, 5.74) is 15.1. The van der Waals surface area contributed by atoms with Crippen LogP contribution in [0.15, 0.2) is 182 Å². The molecule has 2 aromatic heterocycles. The highest BCUT2D eigenvalue weighted by molar-refractivity contribution is 7.25. The van der Waals surface area contributed by atoms with Crippen LogP contribution in [0.25, 0.3) is 98.2 Å². The predicted octanol–water partition coefficient (Wildman–Crippen LogP) is 14.6. The Morgan fingerprint density at radius 3 is 1.75 bits per heavy atom. The van der Waals surface area contributed by atoms with Crippen molar-refractivity contribution in [1.82, 2.24) is 9.97 Å². The number of aromatic nitrogens is 2. The highest BCUT2D eigenvalue weighted by atomic mass is 32.1. The number of fused-ring (bicyclic) bond motifs is 7. The van der Waals surface area contributed by atoms with Gasteiger partial charge >= 0.3 is 0 Å². The smallest absolute Gasteiger partial charge is 0.160 e. The summed E-state index contributed by atoms with van der Waals surface area (Å²) in [6.07, 6.45) is 0. The van der Waals surface area contributed by atoms with Gasteiger partial charge in [0, 0.05) is 42.3 Å². The van der Waals surface area contributed by atoms with Gasteiger partial charge in [0.05, 0.1) is 11.4 Å². The van der Waals surface area contributed by atoms with Crippen molar-refractivity contribution in [3.8, 4) is 67.3 Å². The molecule has 1 aliphatic rings. The maximum absolute atomic E-state index is 5.14. The van der Waals surface area contributed by atoms with E-state index in [-0.39, 0.29) is 5.41 Å². The minimum atomic E-state index is -0.0828. The quantitative estimate of drug-likeness (QED) is 0.176. The van der Waals surface area contributed by atoms with Gasteiger partial charge in [-0.1, -0.05) is 159 Å². The van der Waals surface area contributed by atoms with Gasteiger partial charge in [-0.25, -0.2) is 9.97 Å². The van der Waals surface area contributed by atoms with Crippen LogP contribution >= 0.6 is 11.3 Å². The highest BCUT2D eigenvalue weighted by Gasteiger charge is 2.37. The van der Waals surface area contributed by atoms with Crippen LogP contribution in [0.3, 0.4) is 0 Å². The normalized spacial score (nSPS) is 13.0. The SMILES string of the molecule is CC1(C)c2cc3ccccc3cc2-c2c(-c3ccc(-c4cc(-c5ccc(-c6ccc7sc8ccccc8c7c6)cc5)nc(-c5ccccc5)n4)cc3)cccc21. The van der Waals surface area contributed by atoms with Crippen molar-refractivity contribution in [2.75, 3.05) is 0 Å². The Bertz CT molecular complexity index is 3140. The van der Waals surface area contributed by atoms with E-state index < -0.39 is 0 Å².